The third kappa shape index (κ3) is 4.13. The number of nitrogens with zero attached hydrogens (tertiary/aromatic N) is 2. The molecule has 2 aromatic carbocycles. The first-order valence-electron chi connectivity index (χ1n) is 6.89. The highest BCUT2D eigenvalue weighted by Gasteiger charge is 2.10. The largest absolute Gasteiger partial charge is 0.407 e. The van der Waals surface area contributed by atoms with Gasteiger partial charge in [-0.25, -0.2) is 9.18 Å². The zero-order chi connectivity index (χ0) is 16.1. The highest BCUT2D eigenvalue weighted by atomic mass is 19.1. The lowest BCUT2D eigenvalue weighted by atomic mass is 10.1. The third-order valence-corrected chi connectivity index (χ3v) is 2.99. The van der Waals surface area contributed by atoms with Crippen molar-refractivity contribution in [1.29, 1.82) is 0 Å². The van der Waals surface area contributed by atoms with E-state index in [-0.39, 0.29) is 11.8 Å². The van der Waals surface area contributed by atoms with Crippen LogP contribution in [0.3, 0.4) is 0 Å². The van der Waals surface area contributed by atoms with E-state index in [0.717, 1.165) is 5.56 Å². The van der Waals surface area contributed by atoms with Crippen molar-refractivity contribution < 1.29 is 13.6 Å². The van der Waals surface area contributed by atoms with Gasteiger partial charge in [-0.1, -0.05) is 35.4 Å². The second kappa shape index (κ2) is 6.69. The average molecular weight is 312 g/mol. The van der Waals surface area contributed by atoms with Crippen LogP contribution in [0.15, 0.2) is 59.0 Å². The summed E-state index contributed by atoms with van der Waals surface area (Å²) in [5, 5.41) is 12.7. The predicted molar refractivity (Wildman–Crippen MR) is 82.6 cm³/mol. The number of carbonyl (C=O) groups excluding carboxylic acids is 1. The minimum atomic E-state index is -0.479. The van der Waals surface area contributed by atoms with Crippen LogP contribution in [-0.4, -0.2) is 16.2 Å². The molecule has 0 radical (unpaired) electrons. The molecule has 0 saturated heterocycles. The monoisotopic (exact) mass is 312 g/mol. The molecule has 116 valence electrons. The fourth-order valence-electron chi connectivity index (χ4n) is 1.93. The number of anilines is 2. The Morgan fingerprint density at radius 3 is 2.48 bits per heavy atom. The Hall–Kier alpha value is -3.22. The van der Waals surface area contributed by atoms with Gasteiger partial charge in [-0.15, -0.1) is 5.10 Å². The van der Waals surface area contributed by atoms with E-state index in [1.807, 2.05) is 18.2 Å². The third-order valence-electron chi connectivity index (χ3n) is 2.99. The number of hydrogen-bond acceptors (Lipinski definition) is 4. The first-order chi connectivity index (χ1) is 11.2. The summed E-state index contributed by atoms with van der Waals surface area (Å²) < 4.78 is 18.2. The van der Waals surface area contributed by atoms with Gasteiger partial charge in [0.2, 0.25) is 5.89 Å². The first-order valence-corrected chi connectivity index (χ1v) is 6.89. The molecule has 2 amide bonds. The molecule has 7 heteroatoms. The SMILES string of the molecule is O=C(Nc1ccccc1)Nc1nnc(Cc2ccc(F)cc2)o1. The maximum Gasteiger partial charge on any atom is 0.327 e. The average Bonchev–Trinajstić information content (AvgIpc) is 2.97. The minimum Gasteiger partial charge on any atom is -0.407 e. The number of benzene rings is 2. The number of halogens is 1. The Labute approximate surface area is 131 Å². The summed E-state index contributed by atoms with van der Waals surface area (Å²) >= 11 is 0. The number of urea groups is 1. The van der Waals surface area contributed by atoms with Crippen LogP contribution < -0.4 is 10.6 Å². The number of hydrogen-bond donors (Lipinski definition) is 2. The Morgan fingerprint density at radius 1 is 1.00 bits per heavy atom. The molecule has 1 heterocycles. The number of nitrogens with one attached hydrogen (secondary N) is 2. The number of rotatable bonds is 4. The van der Waals surface area contributed by atoms with Gasteiger partial charge in [-0.05, 0) is 29.8 Å². The van der Waals surface area contributed by atoms with Crippen LogP contribution in [0.5, 0.6) is 0 Å². The minimum absolute atomic E-state index is 0.00413. The Bertz CT molecular complexity index is 787. The molecule has 0 bridgehead atoms. The van der Waals surface area contributed by atoms with Crippen LogP contribution in [-0.2, 0) is 6.42 Å². The van der Waals surface area contributed by atoms with Gasteiger partial charge in [0.1, 0.15) is 5.82 Å². The van der Waals surface area contributed by atoms with Crippen molar-refractivity contribution >= 4 is 17.7 Å². The summed E-state index contributed by atoms with van der Waals surface area (Å²) in [4.78, 5) is 11.8. The fraction of sp³-hybridized carbons (Fsp3) is 0.0625. The van der Waals surface area contributed by atoms with E-state index in [4.69, 9.17) is 4.42 Å². The highest BCUT2D eigenvalue weighted by molar-refractivity contribution is 5.98. The van der Waals surface area contributed by atoms with Crippen molar-refractivity contribution in [3.8, 4) is 0 Å². The highest BCUT2D eigenvalue weighted by Crippen LogP contribution is 2.12. The molecule has 0 saturated carbocycles. The summed E-state index contributed by atoms with van der Waals surface area (Å²) in [6, 6.07) is 14.5. The molecular formula is C16H13FN4O2. The Morgan fingerprint density at radius 2 is 1.74 bits per heavy atom. The van der Waals surface area contributed by atoms with Crippen LogP contribution >= 0.6 is 0 Å². The summed E-state index contributed by atoms with van der Waals surface area (Å²) in [5.74, 6) is 0.0193. The molecule has 3 rings (SSSR count). The van der Waals surface area contributed by atoms with Crippen molar-refractivity contribution in [2.24, 2.45) is 0 Å². The van der Waals surface area contributed by atoms with Gasteiger partial charge in [0.05, 0.1) is 6.42 Å². The first kappa shape index (κ1) is 14.7. The smallest absolute Gasteiger partial charge is 0.327 e. The van der Waals surface area contributed by atoms with Crippen LogP contribution in [0.1, 0.15) is 11.5 Å². The van der Waals surface area contributed by atoms with Crippen LogP contribution in [0.4, 0.5) is 20.9 Å². The maximum absolute atomic E-state index is 12.8. The summed E-state index contributed by atoms with van der Waals surface area (Å²) in [6.07, 6.45) is 0.356. The van der Waals surface area contributed by atoms with Crippen LogP contribution in [0.2, 0.25) is 0 Å². The zero-order valence-corrected chi connectivity index (χ0v) is 12.0. The molecule has 0 spiro atoms. The molecule has 0 fully saturated rings. The quantitative estimate of drug-likeness (QED) is 0.773. The Kier molecular flexibility index (Phi) is 4.28. The lowest BCUT2D eigenvalue weighted by Crippen LogP contribution is -2.19. The van der Waals surface area contributed by atoms with Gasteiger partial charge >= 0.3 is 12.0 Å². The van der Waals surface area contributed by atoms with E-state index in [0.29, 0.717) is 18.0 Å². The van der Waals surface area contributed by atoms with Gasteiger partial charge in [0.25, 0.3) is 0 Å². The van der Waals surface area contributed by atoms with Crippen molar-refractivity contribution in [2.75, 3.05) is 10.6 Å². The fourth-order valence-corrected chi connectivity index (χ4v) is 1.93. The van der Waals surface area contributed by atoms with Gasteiger partial charge < -0.3 is 9.73 Å². The lowest BCUT2D eigenvalue weighted by molar-refractivity contribution is 0.261. The van der Waals surface area contributed by atoms with Gasteiger partial charge in [0, 0.05) is 5.69 Å². The van der Waals surface area contributed by atoms with E-state index < -0.39 is 6.03 Å². The standard InChI is InChI=1S/C16H13FN4O2/c17-12-8-6-11(7-9-12)10-14-20-21-16(23-14)19-15(22)18-13-4-2-1-3-5-13/h1-9H,10H2,(H2,18,19,21,22). The molecule has 0 unspecified atom stereocenters. The van der Waals surface area contributed by atoms with Crippen molar-refractivity contribution in [3.05, 3.63) is 71.9 Å². The summed E-state index contributed by atoms with van der Waals surface area (Å²) in [5.41, 5.74) is 1.48. The van der Waals surface area contributed by atoms with Gasteiger partial charge in [-0.2, -0.15) is 0 Å². The van der Waals surface area contributed by atoms with Crippen LogP contribution in [0, 0.1) is 5.82 Å². The normalized spacial score (nSPS) is 10.3. The lowest BCUT2D eigenvalue weighted by Gasteiger charge is -2.03. The van der Waals surface area contributed by atoms with E-state index >= 15 is 0 Å². The number of amides is 2. The van der Waals surface area contributed by atoms with E-state index in [1.54, 1.807) is 24.3 Å². The topological polar surface area (TPSA) is 80.0 Å². The van der Waals surface area contributed by atoms with Gasteiger partial charge in [-0.3, -0.25) is 5.32 Å². The molecule has 3 aromatic rings. The van der Waals surface area contributed by atoms with Crippen LogP contribution in [0.25, 0.3) is 0 Å². The molecule has 0 atom stereocenters. The second-order valence-electron chi connectivity index (χ2n) is 4.75. The number of aromatic nitrogens is 2. The number of carbonyl (C=O) groups is 1. The van der Waals surface area contributed by atoms with Crippen molar-refractivity contribution in [2.45, 2.75) is 6.42 Å². The van der Waals surface area contributed by atoms with Crippen molar-refractivity contribution in [1.82, 2.24) is 10.2 Å². The summed E-state index contributed by atoms with van der Waals surface area (Å²) in [6.45, 7) is 0. The second-order valence-corrected chi connectivity index (χ2v) is 4.75. The zero-order valence-electron chi connectivity index (χ0n) is 12.0. The maximum atomic E-state index is 12.8. The molecule has 0 aliphatic carbocycles. The molecule has 23 heavy (non-hydrogen) atoms. The molecule has 2 N–H and O–H groups in total. The van der Waals surface area contributed by atoms with Crippen molar-refractivity contribution in [3.63, 3.8) is 0 Å². The molecule has 0 aliphatic heterocycles. The molecule has 0 aliphatic rings. The van der Waals surface area contributed by atoms with E-state index in [2.05, 4.69) is 20.8 Å². The molecule has 6 nitrogen and oxygen atoms in total. The van der Waals surface area contributed by atoms with E-state index in [1.165, 1.54) is 12.1 Å². The molecule has 1 aromatic heterocycles. The number of para-hydroxylation sites is 1. The summed E-state index contributed by atoms with van der Waals surface area (Å²) in [7, 11) is 0. The van der Waals surface area contributed by atoms with Gasteiger partial charge in [0.15, 0.2) is 0 Å². The predicted octanol–water partition coefficient (Wildman–Crippen LogP) is 3.44. The Balaban J connectivity index is 1.58. The molecular weight excluding hydrogens is 299 g/mol. The van der Waals surface area contributed by atoms with E-state index in [9.17, 15) is 9.18 Å².